The van der Waals surface area contributed by atoms with Crippen molar-refractivity contribution in [3.05, 3.63) is 29.8 Å². The Bertz CT molecular complexity index is 326. The topological polar surface area (TPSA) is 78.3 Å². The number of hydrogen-bond donors (Lipinski definition) is 2. The van der Waals surface area contributed by atoms with E-state index in [2.05, 4.69) is 0 Å². The Balaban J connectivity index is 2.56. The molecule has 4 heteroatoms. The van der Waals surface area contributed by atoms with Crippen LogP contribution in [0.1, 0.15) is 23.2 Å². The van der Waals surface area contributed by atoms with Crippen LogP contribution >= 0.6 is 0 Å². The Morgan fingerprint density at radius 2 is 2.00 bits per heavy atom. The fourth-order valence-corrected chi connectivity index (χ4v) is 1.22. The zero-order chi connectivity index (χ0) is 11.1. The molecule has 1 aromatic carbocycles. The van der Waals surface area contributed by atoms with E-state index in [1.807, 2.05) is 6.07 Å². The van der Waals surface area contributed by atoms with E-state index < -0.39 is 5.91 Å². The van der Waals surface area contributed by atoms with Crippen molar-refractivity contribution in [2.24, 2.45) is 11.5 Å². The van der Waals surface area contributed by atoms with Crippen LogP contribution in [0.3, 0.4) is 0 Å². The Morgan fingerprint density at radius 1 is 1.27 bits per heavy atom. The first kappa shape index (κ1) is 11.5. The van der Waals surface area contributed by atoms with Crippen LogP contribution in [-0.4, -0.2) is 19.1 Å². The van der Waals surface area contributed by atoms with Crippen LogP contribution in [-0.2, 0) is 0 Å². The Labute approximate surface area is 89.2 Å². The van der Waals surface area contributed by atoms with Gasteiger partial charge in [-0.25, -0.2) is 0 Å². The molecule has 0 aliphatic carbocycles. The molecule has 4 nitrogen and oxygen atoms in total. The Hall–Kier alpha value is -1.55. The van der Waals surface area contributed by atoms with Crippen LogP contribution in [0, 0.1) is 0 Å². The van der Waals surface area contributed by atoms with E-state index in [-0.39, 0.29) is 0 Å². The third-order valence-corrected chi connectivity index (χ3v) is 2.01. The molecule has 0 saturated heterocycles. The van der Waals surface area contributed by atoms with Crippen molar-refractivity contribution in [1.29, 1.82) is 0 Å². The average molecular weight is 208 g/mol. The molecular weight excluding hydrogens is 192 g/mol. The standard InChI is InChI=1S/C11H16N2O2/c12-7-3-4-8-15-10-6-2-1-5-9(10)11(13)14/h1-2,5-6H,3-4,7-8,12H2,(H2,13,14). The molecule has 15 heavy (non-hydrogen) atoms. The van der Waals surface area contributed by atoms with Gasteiger partial charge in [-0.15, -0.1) is 0 Å². The summed E-state index contributed by atoms with van der Waals surface area (Å²) in [6.45, 7) is 1.21. The molecule has 0 aromatic heterocycles. The third-order valence-electron chi connectivity index (χ3n) is 2.01. The maximum Gasteiger partial charge on any atom is 0.252 e. The largest absolute Gasteiger partial charge is 0.493 e. The number of unbranched alkanes of at least 4 members (excludes halogenated alkanes) is 1. The van der Waals surface area contributed by atoms with E-state index in [4.69, 9.17) is 16.2 Å². The van der Waals surface area contributed by atoms with Crippen LogP contribution in [0.4, 0.5) is 0 Å². The van der Waals surface area contributed by atoms with Gasteiger partial charge in [0, 0.05) is 0 Å². The second-order valence-electron chi connectivity index (χ2n) is 3.20. The van der Waals surface area contributed by atoms with Crippen molar-refractivity contribution in [2.75, 3.05) is 13.2 Å². The highest BCUT2D eigenvalue weighted by Gasteiger charge is 2.07. The quantitative estimate of drug-likeness (QED) is 0.682. The summed E-state index contributed by atoms with van der Waals surface area (Å²) in [5.41, 5.74) is 11.0. The molecule has 0 radical (unpaired) electrons. The highest BCUT2D eigenvalue weighted by atomic mass is 16.5. The summed E-state index contributed by atoms with van der Waals surface area (Å²) < 4.78 is 5.44. The minimum absolute atomic E-state index is 0.422. The average Bonchev–Trinajstić information content (AvgIpc) is 2.25. The second-order valence-corrected chi connectivity index (χ2v) is 3.20. The molecule has 82 valence electrons. The third kappa shape index (κ3) is 3.59. The van der Waals surface area contributed by atoms with Crippen LogP contribution < -0.4 is 16.2 Å². The molecule has 0 aliphatic heterocycles. The van der Waals surface area contributed by atoms with Gasteiger partial charge in [-0.2, -0.15) is 0 Å². The number of para-hydroxylation sites is 1. The lowest BCUT2D eigenvalue weighted by molar-refractivity contribution is 0.0996. The molecule has 1 aromatic rings. The molecule has 0 aliphatic rings. The molecule has 0 unspecified atom stereocenters. The normalized spacial score (nSPS) is 9.93. The summed E-state index contributed by atoms with van der Waals surface area (Å²) in [6.07, 6.45) is 1.79. The number of ether oxygens (including phenoxy) is 1. The number of rotatable bonds is 6. The lowest BCUT2D eigenvalue weighted by Gasteiger charge is -2.08. The number of primary amides is 1. The number of amides is 1. The van der Waals surface area contributed by atoms with Crippen molar-refractivity contribution in [3.8, 4) is 5.75 Å². The van der Waals surface area contributed by atoms with Crippen molar-refractivity contribution in [3.63, 3.8) is 0 Å². The summed E-state index contributed by atoms with van der Waals surface area (Å²) >= 11 is 0. The van der Waals surface area contributed by atoms with Gasteiger partial charge in [0.2, 0.25) is 0 Å². The van der Waals surface area contributed by atoms with Gasteiger partial charge in [0.25, 0.3) is 5.91 Å². The first-order chi connectivity index (χ1) is 7.25. The minimum atomic E-state index is -0.468. The molecule has 4 N–H and O–H groups in total. The lowest BCUT2D eigenvalue weighted by atomic mass is 10.2. The predicted molar refractivity (Wildman–Crippen MR) is 58.7 cm³/mol. The van der Waals surface area contributed by atoms with Gasteiger partial charge in [0.1, 0.15) is 5.75 Å². The summed E-state index contributed by atoms with van der Waals surface area (Å²) in [5.74, 6) is 0.0754. The number of benzene rings is 1. The molecule has 0 fully saturated rings. The Kier molecular flexibility index (Phi) is 4.63. The Morgan fingerprint density at radius 3 is 2.67 bits per heavy atom. The zero-order valence-electron chi connectivity index (χ0n) is 8.61. The van der Waals surface area contributed by atoms with Crippen LogP contribution in [0.2, 0.25) is 0 Å². The van der Waals surface area contributed by atoms with E-state index in [0.29, 0.717) is 24.5 Å². The summed E-state index contributed by atoms with van der Waals surface area (Å²) in [6, 6.07) is 6.96. The first-order valence-corrected chi connectivity index (χ1v) is 4.97. The second kappa shape index (κ2) is 6.03. The molecule has 0 heterocycles. The summed E-state index contributed by atoms with van der Waals surface area (Å²) in [4.78, 5) is 11.0. The smallest absolute Gasteiger partial charge is 0.252 e. The van der Waals surface area contributed by atoms with Gasteiger partial charge in [0.15, 0.2) is 0 Å². The fraction of sp³-hybridized carbons (Fsp3) is 0.364. The van der Waals surface area contributed by atoms with Crippen molar-refractivity contribution >= 4 is 5.91 Å². The van der Waals surface area contributed by atoms with Crippen LogP contribution in [0.5, 0.6) is 5.75 Å². The monoisotopic (exact) mass is 208 g/mol. The van der Waals surface area contributed by atoms with E-state index in [0.717, 1.165) is 12.8 Å². The zero-order valence-corrected chi connectivity index (χ0v) is 8.61. The number of nitrogens with two attached hydrogens (primary N) is 2. The van der Waals surface area contributed by atoms with Crippen molar-refractivity contribution in [1.82, 2.24) is 0 Å². The highest BCUT2D eigenvalue weighted by Crippen LogP contribution is 2.17. The summed E-state index contributed by atoms with van der Waals surface area (Å²) in [5, 5.41) is 0. The van der Waals surface area contributed by atoms with Gasteiger partial charge in [0.05, 0.1) is 12.2 Å². The molecular formula is C11H16N2O2. The fourth-order valence-electron chi connectivity index (χ4n) is 1.22. The van der Waals surface area contributed by atoms with Crippen LogP contribution in [0.25, 0.3) is 0 Å². The molecule has 1 rings (SSSR count). The molecule has 0 atom stereocenters. The molecule has 0 saturated carbocycles. The van der Waals surface area contributed by atoms with E-state index in [1.54, 1.807) is 18.2 Å². The first-order valence-electron chi connectivity index (χ1n) is 4.97. The maximum atomic E-state index is 11.0. The lowest BCUT2D eigenvalue weighted by Crippen LogP contribution is -2.13. The van der Waals surface area contributed by atoms with Gasteiger partial charge < -0.3 is 16.2 Å². The molecule has 0 spiro atoms. The van der Waals surface area contributed by atoms with Crippen molar-refractivity contribution < 1.29 is 9.53 Å². The van der Waals surface area contributed by atoms with Gasteiger partial charge in [-0.1, -0.05) is 12.1 Å². The molecule has 0 bridgehead atoms. The summed E-state index contributed by atoms with van der Waals surface area (Å²) in [7, 11) is 0. The SMILES string of the molecule is NCCCCOc1ccccc1C(N)=O. The number of hydrogen-bond acceptors (Lipinski definition) is 3. The van der Waals surface area contributed by atoms with Gasteiger partial charge in [-0.3, -0.25) is 4.79 Å². The van der Waals surface area contributed by atoms with Gasteiger partial charge >= 0.3 is 0 Å². The van der Waals surface area contributed by atoms with Gasteiger partial charge in [-0.05, 0) is 31.5 Å². The van der Waals surface area contributed by atoms with E-state index in [1.165, 1.54) is 0 Å². The number of carbonyl (C=O) groups excluding carboxylic acids is 1. The van der Waals surface area contributed by atoms with Crippen molar-refractivity contribution in [2.45, 2.75) is 12.8 Å². The highest BCUT2D eigenvalue weighted by molar-refractivity contribution is 5.95. The van der Waals surface area contributed by atoms with E-state index in [9.17, 15) is 4.79 Å². The van der Waals surface area contributed by atoms with E-state index >= 15 is 0 Å². The predicted octanol–water partition coefficient (Wildman–Crippen LogP) is 0.903. The van der Waals surface area contributed by atoms with Crippen LogP contribution in [0.15, 0.2) is 24.3 Å². The minimum Gasteiger partial charge on any atom is -0.493 e. The maximum absolute atomic E-state index is 11.0. The number of carbonyl (C=O) groups is 1. The molecule has 1 amide bonds.